The third-order valence-corrected chi connectivity index (χ3v) is 2.68. The number of benzene rings is 1. The molecule has 0 saturated heterocycles. The Balaban J connectivity index is 2.78. The summed E-state index contributed by atoms with van der Waals surface area (Å²) in [5.74, 6) is -0.125. The first kappa shape index (κ1) is 15.4. The smallest absolute Gasteiger partial charge is 0.260 e. The van der Waals surface area contributed by atoms with E-state index in [1.54, 1.807) is 13.8 Å². The van der Waals surface area contributed by atoms with E-state index in [0.717, 1.165) is 6.42 Å². The van der Waals surface area contributed by atoms with Crippen molar-refractivity contribution in [3.8, 4) is 5.75 Å². The van der Waals surface area contributed by atoms with E-state index in [0.29, 0.717) is 17.9 Å². The molecule has 0 aliphatic heterocycles. The molecule has 3 N–H and O–H groups in total. The van der Waals surface area contributed by atoms with Crippen molar-refractivity contribution in [1.29, 1.82) is 0 Å². The number of amides is 1. The Hall–Kier alpha value is -1.62. The fourth-order valence-electron chi connectivity index (χ4n) is 1.62. The summed E-state index contributed by atoms with van der Waals surface area (Å²) in [6.07, 6.45) is 0.217. The molecule has 19 heavy (non-hydrogen) atoms. The zero-order chi connectivity index (χ0) is 14.4. The molecule has 1 aromatic carbocycles. The normalized spacial score (nSPS) is 13.7. The van der Waals surface area contributed by atoms with Crippen LogP contribution < -0.4 is 15.8 Å². The van der Waals surface area contributed by atoms with Crippen LogP contribution in [0.5, 0.6) is 5.75 Å². The minimum Gasteiger partial charge on any atom is -0.481 e. The van der Waals surface area contributed by atoms with Crippen molar-refractivity contribution in [2.75, 3.05) is 6.54 Å². The maximum absolute atomic E-state index is 13.2. The zero-order valence-electron chi connectivity index (χ0n) is 11.6. The fraction of sp³-hybridized carbons (Fsp3) is 0.500. The van der Waals surface area contributed by atoms with Crippen LogP contribution in [-0.4, -0.2) is 18.6 Å². The van der Waals surface area contributed by atoms with Crippen LogP contribution in [0.4, 0.5) is 4.39 Å². The molecule has 0 fully saturated rings. The third-order valence-electron chi connectivity index (χ3n) is 2.68. The first-order valence-electron chi connectivity index (χ1n) is 6.45. The number of rotatable bonds is 6. The van der Waals surface area contributed by atoms with Crippen LogP contribution in [0.3, 0.4) is 0 Å². The van der Waals surface area contributed by atoms with E-state index < -0.39 is 6.10 Å². The van der Waals surface area contributed by atoms with Crippen molar-refractivity contribution in [3.05, 3.63) is 29.6 Å². The van der Waals surface area contributed by atoms with Crippen LogP contribution in [0.2, 0.25) is 0 Å². The molecule has 106 valence electrons. The van der Waals surface area contributed by atoms with Crippen molar-refractivity contribution in [2.45, 2.75) is 39.3 Å². The van der Waals surface area contributed by atoms with E-state index in [4.69, 9.17) is 10.5 Å². The summed E-state index contributed by atoms with van der Waals surface area (Å²) in [6, 6.07) is 3.75. The van der Waals surface area contributed by atoms with Gasteiger partial charge in [0, 0.05) is 18.2 Å². The number of carbonyl (C=O) groups is 1. The lowest BCUT2D eigenvalue weighted by Gasteiger charge is -2.18. The molecule has 0 spiro atoms. The summed E-state index contributed by atoms with van der Waals surface area (Å²) in [5, 5.41) is 2.74. The van der Waals surface area contributed by atoms with E-state index in [-0.39, 0.29) is 17.8 Å². The molecule has 1 unspecified atom stereocenters. The first-order valence-corrected chi connectivity index (χ1v) is 6.45. The van der Waals surface area contributed by atoms with Crippen LogP contribution in [-0.2, 0) is 4.79 Å². The standard InChI is InChI=1S/C14H21FN2O2/c1-4-7-17-14(18)10(3)19-13-6-5-11(15)8-12(13)9(2)16/h5-6,8-10H,4,7,16H2,1-3H3,(H,17,18)/t9-,10?/m1/s1. The Morgan fingerprint density at radius 3 is 2.74 bits per heavy atom. The second-order valence-electron chi connectivity index (χ2n) is 4.52. The van der Waals surface area contributed by atoms with E-state index in [2.05, 4.69) is 5.32 Å². The van der Waals surface area contributed by atoms with Gasteiger partial charge in [0.05, 0.1) is 0 Å². The van der Waals surface area contributed by atoms with Gasteiger partial charge in [-0.15, -0.1) is 0 Å². The Morgan fingerprint density at radius 1 is 1.47 bits per heavy atom. The second-order valence-corrected chi connectivity index (χ2v) is 4.52. The first-order chi connectivity index (χ1) is 8.95. The quantitative estimate of drug-likeness (QED) is 0.830. The van der Waals surface area contributed by atoms with Crippen LogP contribution in [0, 0.1) is 5.82 Å². The summed E-state index contributed by atoms with van der Waals surface area (Å²) in [6.45, 7) is 5.97. The second kappa shape index (κ2) is 7.09. The van der Waals surface area contributed by atoms with Crippen molar-refractivity contribution >= 4 is 5.91 Å². The number of hydrogen-bond acceptors (Lipinski definition) is 3. The Kier molecular flexibility index (Phi) is 5.76. The molecule has 1 amide bonds. The van der Waals surface area contributed by atoms with E-state index >= 15 is 0 Å². The van der Waals surface area contributed by atoms with Crippen LogP contribution in [0.1, 0.15) is 38.8 Å². The van der Waals surface area contributed by atoms with Crippen LogP contribution in [0.15, 0.2) is 18.2 Å². The maximum atomic E-state index is 13.2. The molecule has 1 rings (SSSR count). The maximum Gasteiger partial charge on any atom is 0.260 e. The lowest BCUT2D eigenvalue weighted by Crippen LogP contribution is -2.36. The molecular weight excluding hydrogens is 247 g/mol. The van der Waals surface area contributed by atoms with Gasteiger partial charge in [-0.1, -0.05) is 6.92 Å². The van der Waals surface area contributed by atoms with Gasteiger partial charge in [0.2, 0.25) is 0 Å². The van der Waals surface area contributed by atoms with E-state index in [9.17, 15) is 9.18 Å². The highest BCUT2D eigenvalue weighted by Crippen LogP contribution is 2.25. The van der Waals surface area contributed by atoms with Gasteiger partial charge in [0.15, 0.2) is 6.10 Å². The van der Waals surface area contributed by atoms with Crippen LogP contribution >= 0.6 is 0 Å². The topological polar surface area (TPSA) is 64.3 Å². The van der Waals surface area contributed by atoms with Gasteiger partial charge >= 0.3 is 0 Å². The minimum atomic E-state index is -0.644. The number of ether oxygens (including phenoxy) is 1. The average Bonchev–Trinajstić information content (AvgIpc) is 2.37. The number of hydrogen-bond donors (Lipinski definition) is 2. The predicted molar refractivity (Wildman–Crippen MR) is 72.4 cm³/mol. The largest absolute Gasteiger partial charge is 0.481 e. The number of carbonyl (C=O) groups excluding carboxylic acids is 1. The summed E-state index contributed by atoms with van der Waals surface area (Å²) < 4.78 is 18.7. The highest BCUT2D eigenvalue weighted by molar-refractivity contribution is 5.80. The van der Waals surface area contributed by atoms with Gasteiger partial charge in [-0.05, 0) is 38.5 Å². The predicted octanol–water partition coefficient (Wildman–Crippen LogP) is 2.14. The van der Waals surface area contributed by atoms with Gasteiger partial charge in [-0.25, -0.2) is 4.39 Å². The number of halogens is 1. The van der Waals surface area contributed by atoms with E-state index in [1.807, 2.05) is 6.92 Å². The zero-order valence-corrected chi connectivity index (χ0v) is 11.6. The molecule has 0 heterocycles. The minimum absolute atomic E-state index is 0.193. The number of nitrogens with one attached hydrogen (secondary N) is 1. The van der Waals surface area contributed by atoms with Gasteiger partial charge in [0.25, 0.3) is 5.91 Å². The summed E-state index contributed by atoms with van der Waals surface area (Å²) in [5.41, 5.74) is 6.32. The van der Waals surface area contributed by atoms with Crippen molar-refractivity contribution in [1.82, 2.24) is 5.32 Å². The Morgan fingerprint density at radius 2 is 2.16 bits per heavy atom. The molecule has 1 aromatic rings. The average molecular weight is 268 g/mol. The fourth-order valence-corrected chi connectivity index (χ4v) is 1.62. The summed E-state index contributed by atoms with van der Waals surface area (Å²) >= 11 is 0. The highest BCUT2D eigenvalue weighted by Gasteiger charge is 2.17. The molecule has 0 bridgehead atoms. The van der Waals surface area contributed by atoms with E-state index in [1.165, 1.54) is 18.2 Å². The molecule has 0 saturated carbocycles. The molecule has 0 radical (unpaired) electrons. The van der Waals surface area contributed by atoms with Crippen LogP contribution in [0.25, 0.3) is 0 Å². The van der Waals surface area contributed by atoms with Gasteiger partial charge in [0.1, 0.15) is 11.6 Å². The van der Waals surface area contributed by atoms with Gasteiger partial charge in [-0.2, -0.15) is 0 Å². The number of nitrogens with two attached hydrogens (primary N) is 1. The Labute approximate surface area is 113 Å². The summed E-state index contributed by atoms with van der Waals surface area (Å²) in [4.78, 5) is 11.7. The molecule has 5 heteroatoms. The highest BCUT2D eigenvalue weighted by atomic mass is 19.1. The van der Waals surface area contributed by atoms with Gasteiger partial charge < -0.3 is 15.8 Å². The monoisotopic (exact) mass is 268 g/mol. The third kappa shape index (κ3) is 4.52. The van der Waals surface area contributed by atoms with Crippen molar-refractivity contribution < 1.29 is 13.9 Å². The molecule has 2 atom stereocenters. The molecular formula is C14H21FN2O2. The molecule has 0 aromatic heterocycles. The van der Waals surface area contributed by atoms with Crippen molar-refractivity contribution in [2.24, 2.45) is 5.73 Å². The Bertz CT molecular complexity index is 435. The van der Waals surface area contributed by atoms with Gasteiger partial charge in [-0.3, -0.25) is 4.79 Å². The lowest BCUT2D eigenvalue weighted by atomic mass is 10.1. The SMILES string of the molecule is CCCNC(=O)C(C)Oc1ccc(F)cc1[C@@H](C)N. The molecule has 0 aliphatic rings. The summed E-state index contributed by atoms with van der Waals surface area (Å²) in [7, 11) is 0. The molecule has 0 aliphatic carbocycles. The molecule has 4 nitrogen and oxygen atoms in total. The van der Waals surface area contributed by atoms with Crippen molar-refractivity contribution in [3.63, 3.8) is 0 Å². The lowest BCUT2D eigenvalue weighted by molar-refractivity contribution is -0.127.